The second kappa shape index (κ2) is 11.2. The first kappa shape index (κ1) is 25.2. The smallest absolute Gasteiger partial charge is 0.229 e. The van der Waals surface area contributed by atoms with Crippen LogP contribution < -0.4 is 15.5 Å². The van der Waals surface area contributed by atoms with Gasteiger partial charge in [0, 0.05) is 11.9 Å². The van der Waals surface area contributed by atoms with Crippen molar-refractivity contribution in [2.75, 3.05) is 11.9 Å². The van der Waals surface area contributed by atoms with E-state index in [0.717, 1.165) is 11.9 Å². The zero-order valence-corrected chi connectivity index (χ0v) is 19.0. The van der Waals surface area contributed by atoms with Gasteiger partial charge in [0.1, 0.15) is 42.3 Å². The molecule has 2 aromatic carbocycles. The van der Waals surface area contributed by atoms with Crippen LogP contribution in [0.15, 0.2) is 66.0 Å². The Bertz CT molecular complexity index is 1260. The molecule has 1 aromatic heterocycles. The van der Waals surface area contributed by atoms with Crippen LogP contribution in [0, 0.1) is 10.8 Å². The van der Waals surface area contributed by atoms with E-state index >= 15 is 0 Å². The Morgan fingerprint density at radius 1 is 1.06 bits per heavy atom. The Kier molecular flexibility index (Phi) is 7.83. The van der Waals surface area contributed by atoms with Gasteiger partial charge in [-0.25, -0.2) is 9.66 Å². The van der Waals surface area contributed by atoms with Gasteiger partial charge in [-0.2, -0.15) is 5.10 Å². The average molecular weight is 495 g/mol. The number of anilines is 2. The Labute approximate surface area is 205 Å². The second-order valence-electron chi connectivity index (χ2n) is 7.96. The molecule has 1 aliphatic rings. The van der Waals surface area contributed by atoms with Crippen LogP contribution in [-0.4, -0.2) is 79.8 Å². The molecule has 12 nitrogen and oxygen atoms in total. The number of nitrogens with one attached hydrogen (secondary N) is 3. The van der Waals surface area contributed by atoms with Gasteiger partial charge >= 0.3 is 0 Å². The first-order valence-electron chi connectivity index (χ1n) is 11.0. The molecular formula is C24H26N6O6. The van der Waals surface area contributed by atoms with Crippen molar-refractivity contribution in [3.05, 3.63) is 77.5 Å². The van der Waals surface area contributed by atoms with E-state index in [1.807, 2.05) is 30.3 Å². The van der Waals surface area contributed by atoms with E-state index in [4.69, 9.17) is 20.3 Å². The summed E-state index contributed by atoms with van der Waals surface area (Å²) in [7, 11) is 0. The van der Waals surface area contributed by atoms with Crippen LogP contribution >= 0.6 is 0 Å². The maximum atomic E-state index is 10.1. The van der Waals surface area contributed by atoms with Crippen molar-refractivity contribution >= 4 is 23.9 Å². The molecule has 12 heteroatoms. The minimum atomic E-state index is -1.53. The number of hydrogen-bond acceptors (Lipinski definition) is 11. The standard InChI is InChI=1S/C24H26N6O6/c25-10-17-22(26)30(13-27-23(17)29-15-4-2-1-3-5-15)28-11-14-6-8-16(9-7-14)35-24-21(34)20(33)19(32)18(12-31)36-24/h1-11,13,18-21,24-26,29,31-34H,12H2/b25-10?,26-22?,28-11-. The summed E-state index contributed by atoms with van der Waals surface area (Å²) in [4.78, 5) is 4.28. The number of aromatic nitrogens is 2. The summed E-state index contributed by atoms with van der Waals surface area (Å²) < 4.78 is 12.1. The molecule has 0 saturated carbocycles. The van der Waals surface area contributed by atoms with Gasteiger partial charge < -0.3 is 40.6 Å². The average Bonchev–Trinajstić information content (AvgIpc) is 2.90. The van der Waals surface area contributed by atoms with Gasteiger partial charge in [-0.1, -0.05) is 18.2 Å². The lowest BCUT2D eigenvalue weighted by Gasteiger charge is -2.39. The van der Waals surface area contributed by atoms with Gasteiger partial charge in [-0.15, -0.1) is 0 Å². The third kappa shape index (κ3) is 5.48. The molecule has 1 aliphatic heterocycles. The highest BCUT2D eigenvalue weighted by molar-refractivity contribution is 5.85. The summed E-state index contributed by atoms with van der Waals surface area (Å²) in [5, 5.41) is 62.6. The van der Waals surface area contributed by atoms with E-state index in [2.05, 4.69) is 15.4 Å². The Balaban J connectivity index is 1.45. The normalized spacial score (nSPS) is 23.9. The van der Waals surface area contributed by atoms with Crippen LogP contribution in [0.1, 0.15) is 11.1 Å². The minimum Gasteiger partial charge on any atom is -0.462 e. The SMILES string of the molecule is N=Cc1c(Nc2ccccc2)ncn(/N=C\c2ccc(OC3OC(CO)C(O)C(O)C3O)cc2)c1=N. The predicted molar refractivity (Wildman–Crippen MR) is 130 cm³/mol. The lowest BCUT2D eigenvalue weighted by atomic mass is 9.99. The van der Waals surface area contributed by atoms with E-state index in [-0.39, 0.29) is 11.1 Å². The van der Waals surface area contributed by atoms with Gasteiger partial charge in [0.05, 0.1) is 18.4 Å². The first-order valence-corrected chi connectivity index (χ1v) is 11.0. The number of aliphatic hydroxyl groups excluding tert-OH is 4. The molecule has 0 spiro atoms. The fourth-order valence-electron chi connectivity index (χ4n) is 3.52. The Hall–Kier alpha value is -3.94. The zero-order chi connectivity index (χ0) is 25.7. The molecule has 0 radical (unpaired) electrons. The van der Waals surface area contributed by atoms with Crippen molar-refractivity contribution in [3.8, 4) is 5.75 Å². The molecule has 5 atom stereocenters. The molecular weight excluding hydrogens is 468 g/mol. The van der Waals surface area contributed by atoms with Crippen molar-refractivity contribution in [1.82, 2.24) is 9.66 Å². The van der Waals surface area contributed by atoms with Crippen molar-refractivity contribution in [3.63, 3.8) is 0 Å². The molecule has 5 unspecified atom stereocenters. The van der Waals surface area contributed by atoms with Gasteiger partial charge in [-0.3, -0.25) is 5.41 Å². The molecule has 2 heterocycles. The van der Waals surface area contributed by atoms with Gasteiger partial charge in [0.2, 0.25) is 6.29 Å². The van der Waals surface area contributed by atoms with Crippen LogP contribution in [0.3, 0.4) is 0 Å². The number of para-hydroxylation sites is 1. The van der Waals surface area contributed by atoms with Crippen molar-refractivity contribution in [2.24, 2.45) is 5.10 Å². The molecule has 36 heavy (non-hydrogen) atoms. The van der Waals surface area contributed by atoms with Crippen LogP contribution in [0.4, 0.5) is 11.5 Å². The lowest BCUT2D eigenvalue weighted by Crippen LogP contribution is -2.60. The van der Waals surface area contributed by atoms with Crippen LogP contribution in [0.2, 0.25) is 0 Å². The van der Waals surface area contributed by atoms with E-state index in [1.54, 1.807) is 24.3 Å². The Morgan fingerprint density at radius 3 is 2.44 bits per heavy atom. The molecule has 4 rings (SSSR count). The van der Waals surface area contributed by atoms with E-state index in [9.17, 15) is 20.4 Å². The largest absolute Gasteiger partial charge is 0.462 e. The van der Waals surface area contributed by atoms with Gasteiger partial charge in [-0.05, 0) is 42.0 Å². The monoisotopic (exact) mass is 494 g/mol. The predicted octanol–water partition coefficient (Wildman–Crippen LogP) is 0.165. The minimum absolute atomic E-state index is 0.0303. The van der Waals surface area contributed by atoms with Crippen LogP contribution in [0.25, 0.3) is 0 Å². The summed E-state index contributed by atoms with van der Waals surface area (Å²) in [6.45, 7) is -0.548. The molecule has 0 bridgehead atoms. The van der Waals surface area contributed by atoms with Crippen LogP contribution in [0.5, 0.6) is 5.75 Å². The van der Waals surface area contributed by atoms with Crippen molar-refractivity contribution < 1.29 is 29.9 Å². The maximum absolute atomic E-state index is 10.1. The summed E-state index contributed by atoms with van der Waals surface area (Å²) in [5.74, 6) is 0.678. The number of rotatable bonds is 8. The summed E-state index contributed by atoms with van der Waals surface area (Å²) >= 11 is 0. The third-order valence-electron chi connectivity index (χ3n) is 5.53. The molecule has 1 saturated heterocycles. The highest BCUT2D eigenvalue weighted by Gasteiger charge is 2.44. The summed E-state index contributed by atoms with van der Waals surface area (Å²) in [6, 6.07) is 15.8. The quantitative estimate of drug-likeness (QED) is 0.216. The number of benzene rings is 2. The zero-order valence-electron chi connectivity index (χ0n) is 19.0. The van der Waals surface area contributed by atoms with Crippen molar-refractivity contribution in [1.29, 1.82) is 10.8 Å². The maximum Gasteiger partial charge on any atom is 0.229 e. The van der Waals surface area contributed by atoms with Crippen LogP contribution in [-0.2, 0) is 4.74 Å². The van der Waals surface area contributed by atoms with E-state index < -0.39 is 37.3 Å². The second-order valence-corrected chi connectivity index (χ2v) is 7.96. The topological polar surface area (TPSA) is 189 Å². The van der Waals surface area contributed by atoms with E-state index in [0.29, 0.717) is 17.1 Å². The van der Waals surface area contributed by atoms with Crippen molar-refractivity contribution in [2.45, 2.75) is 30.7 Å². The molecule has 0 aliphatic carbocycles. The fourth-order valence-corrected chi connectivity index (χ4v) is 3.52. The number of aliphatic hydroxyl groups is 4. The Morgan fingerprint density at radius 2 is 1.78 bits per heavy atom. The molecule has 7 N–H and O–H groups in total. The highest BCUT2D eigenvalue weighted by atomic mass is 16.7. The molecule has 1 fully saturated rings. The number of nitrogens with zero attached hydrogens (tertiary/aromatic N) is 3. The van der Waals surface area contributed by atoms with E-state index in [1.165, 1.54) is 17.2 Å². The lowest BCUT2D eigenvalue weighted by molar-refractivity contribution is -0.277. The molecule has 0 amide bonds. The van der Waals surface area contributed by atoms with Gasteiger partial charge in [0.25, 0.3) is 0 Å². The first-order chi connectivity index (χ1) is 17.4. The molecule has 3 aromatic rings. The third-order valence-corrected chi connectivity index (χ3v) is 5.53. The number of ether oxygens (including phenoxy) is 2. The highest BCUT2D eigenvalue weighted by Crippen LogP contribution is 2.24. The summed E-state index contributed by atoms with van der Waals surface area (Å²) in [6.07, 6.45) is -2.95. The van der Waals surface area contributed by atoms with Gasteiger partial charge in [0.15, 0.2) is 5.49 Å². The fraction of sp³-hybridized carbons (Fsp3) is 0.250. The number of hydrogen-bond donors (Lipinski definition) is 7. The summed E-state index contributed by atoms with van der Waals surface area (Å²) in [5.41, 5.74) is 1.67. The molecule has 188 valence electrons.